The van der Waals surface area contributed by atoms with Gasteiger partial charge in [0, 0.05) is 0 Å². The van der Waals surface area contributed by atoms with Gasteiger partial charge in [0.2, 0.25) is 5.79 Å². The van der Waals surface area contributed by atoms with Gasteiger partial charge in [0.15, 0.2) is 0 Å². The molecular weight excluding hydrogens is 277 g/mol. The lowest BCUT2D eigenvalue weighted by Gasteiger charge is -2.46. The van der Waals surface area contributed by atoms with E-state index in [1.807, 2.05) is 0 Å². The van der Waals surface area contributed by atoms with E-state index in [1.165, 1.54) is 0 Å². The SMILES string of the molecule is N.O=P(O)(O)OC1(O)[C@H](O)[C@H](O)C(O)[C@H](O)[C@H]1O. The second-order valence-corrected chi connectivity index (χ2v) is 4.86. The van der Waals surface area contributed by atoms with Gasteiger partial charge in [-0.1, -0.05) is 0 Å². The van der Waals surface area contributed by atoms with Crippen molar-refractivity contribution in [3.05, 3.63) is 0 Å². The van der Waals surface area contributed by atoms with Gasteiger partial charge in [-0.3, -0.25) is 0 Å². The fourth-order valence-corrected chi connectivity index (χ4v) is 2.14. The van der Waals surface area contributed by atoms with Gasteiger partial charge in [-0.25, -0.2) is 9.09 Å². The van der Waals surface area contributed by atoms with Crippen LogP contribution in [0.3, 0.4) is 0 Å². The van der Waals surface area contributed by atoms with Gasteiger partial charge in [0.25, 0.3) is 0 Å². The summed E-state index contributed by atoms with van der Waals surface area (Å²) in [7, 11) is -5.32. The van der Waals surface area contributed by atoms with E-state index in [0.29, 0.717) is 0 Å². The molecule has 18 heavy (non-hydrogen) atoms. The Hall–Kier alpha value is -0.170. The van der Waals surface area contributed by atoms with E-state index in [2.05, 4.69) is 4.52 Å². The number of aliphatic hydroxyl groups is 6. The number of phosphoric ester groups is 1. The summed E-state index contributed by atoms with van der Waals surface area (Å²) in [4.78, 5) is 17.0. The summed E-state index contributed by atoms with van der Waals surface area (Å²) in [5.41, 5.74) is 0. The highest BCUT2D eigenvalue weighted by atomic mass is 31.2. The minimum Gasteiger partial charge on any atom is -0.387 e. The maximum absolute atomic E-state index is 10.6. The average Bonchev–Trinajstić information content (AvgIpc) is 2.19. The normalized spacial score (nSPS) is 45.4. The Labute approximate surface area is 101 Å². The highest BCUT2D eigenvalue weighted by Crippen LogP contribution is 2.45. The minimum absolute atomic E-state index is 0. The van der Waals surface area contributed by atoms with Crippen LogP contribution in [0.5, 0.6) is 0 Å². The van der Waals surface area contributed by atoms with Crippen molar-refractivity contribution in [3.8, 4) is 0 Å². The maximum atomic E-state index is 10.6. The van der Waals surface area contributed by atoms with Crippen molar-refractivity contribution in [3.63, 3.8) is 0 Å². The van der Waals surface area contributed by atoms with Crippen molar-refractivity contribution in [2.24, 2.45) is 0 Å². The molecule has 0 spiro atoms. The second-order valence-electron chi connectivity index (χ2n) is 3.70. The summed E-state index contributed by atoms with van der Waals surface area (Å²) in [5, 5.41) is 55.7. The Morgan fingerprint density at radius 1 is 0.889 bits per heavy atom. The van der Waals surface area contributed by atoms with E-state index in [4.69, 9.17) is 14.9 Å². The summed E-state index contributed by atoms with van der Waals surface area (Å²) in [6.45, 7) is 0. The minimum atomic E-state index is -5.32. The van der Waals surface area contributed by atoms with Gasteiger partial charge in [-0.05, 0) is 0 Å². The largest absolute Gasteiger partial charge is 0.472 e. The Kier molecular flexibility index (Phi) is 5.39. The van der Waals surface area contributed by atoms with Crippen LogP contribution >= 0.6 is 7.82 Å². The molecule has 2 unspecified atom stereocenters. The van der Waals surface area contributed by atoms with E-state index in [-0.39, 0.29) is 6.15 Å². The Morgan fingerprint density at radius 2 is 1.22 bits per heavy atom. The van der Waals surface area contributed by atoms with Crippen LogP contribution in [0.1, 0.15) is 0 Å². The molecule has 1 saturated carbocycles. The molecular formula is C6H16NO10P. The lowest BCUT2D eigenvalue weighted by molar-refractivity contribution is -0.336. The molecule has 1 aliphatic rings. The average molecular weight is 293 g/mol. The predicted molar refractivity (Wildman–Crippen MR) is 53.1 cm³/mol. The Balaban J connectivity index is 0.00000289. The van der Waals surface area contributed by atoms with Crippen LogP contribution in [0.15, 0.2) is 0 Å². The lowest BCUT2D eigenvalue weighted by atomic mass is 9.82. The molecule has 0 saturated heterocycles. The third-order valence-electron chi connectivity index (χ3n) is 2.46. The van der Waals surface area contributed by atoms with Crippen molar-refractivity contribution in [2.45, 2.75) is 36.3 Å². The molecule has 0 aromatic rings. The summed E-state index contributed by atoms with van der Waals surface area (Å²) < 4.78 is 14.3. The van der Waals surface area contributed by atoms with Crippen LogP contribution in [0.25, 0.3) is 0 Å². The van der Waals surface area contributed by atoms with Crippen molar-refractivity contribution in [1.82, 2.24) is 6.15 Å². The van der Waals surface area contributed by atoms with Gasteiger partial charge in [0.1, 0.15) is 30.5 Å². The molecule has 1 aliphatic carbocycles. The summed E-state index contributed by atoms with van der Waals surface area (Å²) in [6, 6.07) is 0. The highest BCUT2D eigenvalue weighted by Gasteiger charge is 2.61. The Morgan fingerprint density at radius 3 is 1.50 bits per heavy atom. The highest BCUT2D eigenvalue weighted by molar-refractivity contribution is 7.46. The van der Waals surface area contributed by atoms with E-state index >= 15 is 0 Å². The van der Waals surface area contributed by atoms with Crippen molar-refractivity contribution in [1.29, 1.82) is 0 Å². The molecule has 6 atom stereocenters. The van der Waals surface area contributed by atoms with E-state index in [0.717, 1.165) is 0 Å². The summed E-state index contributed by atoms with van der Waals surface area (Å²) >= 11 is 0. The summed E-state index contributed by atoms with van der Waals surface area (Å²) in [5.74, 6) is -3.31. The molecule has 11 N–H and O–H groups in total. The van der Waals surface area contributed by atoms with Crippen molar-refractivity contribution in [2.75, 3.05) is 0 Å². The first kappa shape index (κ1) is 17.8. The molecule has 0 aliphatic heterocycles. The first-order chi connectivity index (χ1) is 7.50. The maximum Gasteiger partial charge on any atom is 0.472 e. The van der Waals surface area contributed by atoms with Crippen molar-refractivity contribution < 1.29 is 49.5 Å². The standard InChI is InChI=1S/C6H13O10P.H3N/c7-1-2(8)4(10)6(12,5(11)3(1)9)16-17(13,14)15;/h1-5,7-12H,(H2,13,14,15);1H3/t1?,2-,3+,4-,5-,6?;/m1./s1. The number of phosphoric acid groups is 1. The second kappa shape index (κ2) is 5.45. The van der Waals surface area contributed by atoms with Gasteiger partial charge >= 0.3 is 7.82 Å². The number of aliphatic hydroxyl groups excluding tert-OH is 5. The molecule has 1 fully saturated rings. The fraction of sp³-hybridized carbons (Fsp3) is 1.00. The van der Waals surface area contributed by atoms with Gasteiger partial charge < -0.3 is 46.6 Å². The molecule has 0 amide bonds. The van der Waals surface area contributed by atoms with Gasteiger partial charge in [0.05, 0.1) is 0 Å². The van der Waals surface area contributed by atoms with Crippen LogP contribution in [-0.4, -0.2) is 76.7 Å². The molecule has 110 valence electrons. The number of hydrogen-bond donors (Lipinski definition) is 9. The van der Waals surface area contributed by atoms with Gasteiger partial charge in [-0.15, -0.1) is 0 Å². The monoisotopic (exact) mass is 293 g/mol. The predicted octanol–water partition coefficient (Wildman–Crippen LogP) is -4.24. The third-order valence-corrected chi connectivity index (χ3v) is 2.99. The van der Waals surface area contributed by atoms with Crippen molar-refractivity contribution >= 4 is 7.82 Å². The quantitative estimate of drug-likeness (QED) is 0.175. The molecule has 11 nitrogen and oxygen atoms in total. The topological polar surface area (TPSA) is 223 Å². The van der Waals surface area contributed by atoms with Crippen LogP contribution in [0.4, 0.5) is 0 Å². The van der Waals surface area contributed by atoms with E-state index in [1.54, 1.807) is 0 Å². The zero-order valence-corrected chi connectivity index (χ0v) is 9.83. The molecule has 1 rings (SSSR count). The zero-order valence-electron chi connectivity index (χ0n) is 8.94. The number of hydrogen-bond acceptors (Lipinski definition) is 9. The van der Waals surface area contributed by atoms with Crippen LogP contribution < -0.4 is 6.15 Å². The van der Waals surface area contributed by atoms with Crippen LogP contribution in [0, 0.1) is 0 Å². The third kappa shape index (κ3) is 3.04. The lowest BCUT2D eigenvalue weighted by Crippen LogP contribution is -2.71. The summed E-state index contributed by atoms with van der Waals surface area (Å²) in [6.07, 6.45) is -11.2. The smallest absolute Gasteiger partial charge is 0.387 e. The van der Waals surface area contributed by atoms with E-state index < -0.39 is 44.1 Å². The molecule has 0 heterocycles. The first-order valence-electron chi connectivity index (χ1n) is 4.39. The Bertz CT molecular complexity index is 316. The molecule has 0 radical (unpaired) electrons. The molecule has 0 aromatic heterocycles. The fourth-order valence-electron chi connectivity index (χ4n) is 1.54. The van der Waals surface area contributed by atoms with E-state index in [9.17, 15) is 30.1 Å². The van der Waals surface area contributed by atoms with Gasteiger partial charge in [-0.2, -0.15) is 0 Å². The van der Waals surface area contributed by atoms with Crippen LogP contribution in [-0.2, 0) is 9.09 Å². The number of rotatable bonds is 2. The molecule has 0 aromatic carbocycles. The molecule has 0 bridgehead atoms. The van der Waals surface area contributed by atoms with Crippen LogP contribution in [0.2, 0.25) is 0 Å². The zero-order chi connectivity index (χ0) is 13.6. The molecule has 12 heteroatoms. The first-order valence-corrected chi connectivity index (χ1v) is 5.92.